The third-order valence-electron chi connectivity index (χ3n) is 5.99. The number of aliphatic carboxylic acids is 1. The van der Waals surface area contributed by atoms with Gasteiger partial charge in [-0.1, -0.05) is 12.1 Å². The molecular weight excluding hydrogens is 414 g/mol. The number of carboxylic acid groups (broad SMARTS) is 1. The molecule has 1 N–H and O–H groups in total. The maximum absolute atomic E-state index is 12.2. The molecule has 0 radical (unpaired) electrons. The highest BCUT2D eigenvalue weighted by Gasteiger charge is 2.41. The van der Waals surface area contributed by atoms with Crippen molar-refractivity contribution in [3.8, 4) is 28.4 Å². The molecular formula is C24H27NO7. The number of methoxy groups -OCH3 is 2. The second-order valence-electron chi connectivity index (χ2n) is 7.97. The van der Waals surface area contributed by atoms with Crippen LogP contribution < -0.4 is 14.2 Å². The smallest absolute Gasteiger partial charge is 0.303 e. The van der Waals surface area contributed by atoms with E-state index < -0.39 is 11.8 Å². The van der Waals surface area contributed by atoms with Crippen molar-refractivity contribution in [3.63, 3.8) is 0 Å². The zero-order chi connectivity index (χ0) is 22.7. The summed E-state index contributed by atoms with van der Waals surface area (Å²) in [5.74, 6) is 0.273. The van der Waals surface area contributed by atoms with Crippen LogP contribution in [0.1, 0.15) is 31.2 Å². The Hall–Kier alpha value is -3.26. The summed E-state index contributed by atoms with van der Waals surface area (Å²) in [6.45, 7) is 1.39. The Morgan fingerprint density at radius 3 is 2.38 bits per heavy atom. The number of benzene rings is 2. The normalized spacial score (nSPS) is 16.8. The molecule has 0 saturated carbocycles. The predicted molar refractivity (Wildman–Crippen MR) is 116 cm³/mol. The summed E-state index contributed by atoms with van der Waals surface area (Å²) in [6, 6.07) is 11.8. The first-order valence-electron chi connectivity index (χ1n) is 10.6. The number of hydrogen-bond donors (Lipinski definition) is 1. The molecule has 8 heteroatoms. The molecule has 2 aromatic rings. The van der Waals surface area contributed by atoms with Gasteiger partial charge in [0.1, 0.15) is 5.75 Å². The highest BCUT2D eigenvalue weighted by atomic mass is 16.7. The van der Waals surface area contributed by atoms with Gasteiger partial charge in [-0.05, 0) is 35.4 Å². The van der Waals surface area contributed by atoms with Crippen LogP contribution in [0.4, 0.5) is 0 Å². The van der Waals surface area contributed by atoms with Crippen LogP contribution >= 0.6 is 0 Å². The fourth-order valence-corrected chi connectivity index (χ4v) is 4.14. The minimum absolute atomic E-state index is 0.0196. The molecule has 0 unspecified atom stereocenters. The topological polar surface area (TPSA) is 94.5 Å². The van der Waals surface area contributed by atoms with E-state index in [9.17, 15) is 9.59 Å². The van der Waals surface area contributed by atoms with Gasteiger partial charge >= 0.3 is 5.97 Å². The molecule has 2 aromatic carbocycles. The van der Waals surface area contributed by atoms with Crippen LogP contribution in [-0.2, 0) is 20.9 Å². The van der Waals surface area contributed by atoms with Crippen LogP contribution in [-0.4, -0.2) is 55.0 Å². The summed E-state index contributed by atoms with van der Waals surface area (Å²) < 4.78 is 23.1. The van der Waals surface area contributed by atoms with E-state index in [2.05, 4.69) is 0 Å². The number of amides is 1. The van der Waals surface area contributed by atoms with Gasteiger partial charge in [-0.25, -0.2) is 0 Å². The lowest BCUT2D eigenvalue weighted by atomic mass is 9.98. The Labute approximate surface area is 186 Å². The summed E-state index contributed by atoms with van der Waals surface area (Å²) in [6.07, 6.45) is 0.959. The van der Waals surface area contributed by atoms with Gasteiger partial charge in [0.2, 0.25) is 11.7 Å². The van der Waals surface area contributed by atoms with Crippen LogP contribution in [0.15, 0.2) is 36.4 Å². The van der Waals surface area contributed by atoms with Crippen molar-refractivity contribution >= 4 is 11.9 Å². The van der Waals surface area contributed by atoms with Crippen LogP contribution in [0, 0.1) is 0 Å². The standard InChI is InChI=1S/C24H27NO7/c1-29-20-6-4-17(14-21(20)30-2)16-3-5-19-18(13-16)15-31-24(32-19)9-11-25(12-10-24)22(26)7-8-23(27)28/h3-6,13-14H,7-12,15H2,1-2H3,(H,27,28). The number of hydrogen-bond acceptors (Lipinski definition) is 6. The molecule has 2 aliphatic rings. The number of piperidine rings is 1. The molecule has 2 heterocycles. The first kappa shape index (κ1) is 22.0. The van der Waals surface area contributed by atoms with Gasteiger partial charge in [-0.15, -0.1) is 0 Å². The lowest BCUT2D eigenvalue weighted by Crippen LogP contribution is -2.52. The van der Waals surface area contributed by atoms with Crippen molar-refractivity contribution in [2.75, 3.05) is 27.3 Å². The zero-order valence-corrected chi connectivity index (χ0v) is 18.3. The Morgan fingerprint density at radius 2 is 1.69 bits per heavy atom. The maximum atomic E-state index is 12.2. The summed E-state index contributed by atoms with van der Waals surface area (Å²) >= 11 is 0. The van der Waals surface area contributed by atoms with E-state index in [1.165, 1.54) is 0 Å². The van der Waals surface area contributed by atoms with Gasteiger partial charge in [0.05, 0.1) is 27.2 Å². The third-order valence-corrected chi connectivity index (χ3v) is 5.99. The number of carbonyl (C=O) groups excluding carboxylic acids is 1. The van der Waals surface area contributed by atoms with Crippen LogP contribution in [0.3, 0.4) is 0 Å². The molecule has 1 fully saturated rings. The number of likely N-dealkylation sites (tertiary alicyclic amines) is 1. The Balaban J connectivity index is 1.43. The molecule has 8 nitrogen and oxygen atoms in total. The minimum Gasteiger partial charge on any atom is -0.493 e. The molecule has 1 saturated heterocycles. The lowest BCUT2D eigenvalue weighted by Gasteiger charge is -2.44. The average molecular weight is 441 g/mol. The molecule has 170 valence electrons. The van der Waals surface area contributed by atoms with Gasteiger partial charge in [0.15, 0.2) is 11.5 Å². The monoisotopic (exact) mass is 441 g/mol. The molecule has 0 aromatic heterocycles. The van der Waals surface area contributed by atoms with E-state index in [1.54, 1.807) is 19.1 Å². The van der Waals surface area contributed by atoms with E-state index >= 15 is 0 Å². The highest BCUT2D eigenvalue weighted by Crippen LogP contribution is 2.40. The number of carbonyl (C=O) groups is 2. The number of carboxylic acids is 1. The summed E-state index contributed by atoms with van der Waals surface area (Å²) in [5.41, 5.74) is 2.98. The first-order chi connectivity index (χ1) is 15.4. The Morgan fingerprint density at radius 1 is 1.00 bits per heavy atom. The lowest BCUT2D eigenvalue weighted by molar-refractivity contribution is -0.227. The SMILES string of the molecule is COc1ccc(-c2ccc3c(c2)COC2(CCN(C(=O)CCC(=O)O)CC2)O3)cc1OC. The van der Waals surface area contributed by atoms with Gasteiger partial charge in [0, 0.05) is 37.9 Å². The molecule has 1 amide bonds. The minimum atomic E-state index is -0.963. The number of ether oxygens (including phenoxy) is 4. The average Bonchev–Trinajstić information content (AvgIpc) is 2.82. The van der Waals surface area contributed by atoms with Crippen molar-refractivity contribution in [1.29, 1.82) is 0 Å². The number of rotatable bonds is 6. The van der Waals surface area contributed by atoms with E-state index in [0.29, 0.717) is 44.0 Å². The summed E-state index contributed by atoms with van der Waals surface area (Å²) in [7, 11) is 3.22. The van der Waals surface area contributed by atoms with Gasteiger partial charge in [-0.2, -0.15) is 0 Å². The Bertz CT molecular complexity index is 1010. The zero-order valence-electron chi connectivity index (χ0n) is 18.3. The third kappa shape index (κ3) is 4.50. The number of nitrogens with zero attached hydrogens (tertiary/aromatic N) is 1. The first-order valence-corrected chi connectivity index (χ1v) is 10.6. The molecule has 4 rings (SSSR count). The van der Waals surface area contributed by atoms with Crippen molar-refractivity contribution in [1.82, 2.24) is 4.90 Å². The molecule has 32 heavy (non-hydrogen) atoms. The predicted octanol–water partition coefficient (Wildman–Crippen LogP) is 3.46. The van der Waals surface area contributed by atoms with Crippen molar-refractivity contribution < 1.29 is 33.6 Å². The number of fused-ring (bicyclic) bond motifs is 1. The van der Waals surface area contributed by atoms with Gasteiger partial charge < -0.3 is 29.0 Å². The largest absolute Gasteiger partial charge is 0.493 e. The highest BCUT2D eigenvalue weighted by molar-refractivity contribution is 5.80. The molecule has 0 bridgehead atoms. The quantitative estimate of drug-likeness (QED) is 0.734. The summed E-state index contributed by atoms with van der Waals surface area (Å²) in [4.78, 5) is 24.6. The summed E-state index contributed by atoms with van der Waals surface area (Å²) in [5, 5.41) is 8.77. The van der Waals surface area contributed by atoms with E-state index in [-0.39, 0.29) is 18.7 Å². The maximum Gasteiger partial charge on any atom is 0.303 e. The van der Waals surface area contributed by atoms with Crippen LogP contribution in [0.5, 0.6) is 17.2 Å². The van der Waals surface area contributed by atoms with Gasteiger partial charge in [0.25, 0.3) is 0 Å². The molecule has 2 aliphatic heterocycles. The van der Waals surface area contributed by atoms with Crippen molar-refractivity contribution in [2.45, 2.75) is 38.1 Å². The van der Waals surface area contributed by atoms with Crippen LogP contribution in [0.2, 0.25) is 0 Å². The van der Waals surface area contributed by atoms with Crippen LogP contribution in [0.25, 0.3) is 11.1 Å². The second-order valence-corrected chi connectivity index (χ2v) is 7.97. The molecule has 0 atom stereocenters. The fourth-order valence-electron chi connectivity index (χ4n) is 4.14. The molecule has 0 aliphatic carbocycles. The second kappa shape index (κ2) is 9.08. The van der Waals surface area contributed by atoms with Crippen molar-refractivity contribution in [3.05, 3.63) is 42.0 Å². The van der Waals surface area contributed by atoms with E-state index in [4.69, 9.17) is 24.1 Å². The van der Waals surface area contributed by atoms with Crippen molar-refractivity contribution in [2.24, 2.45) is 0 Å². The van der Waals surface area contributed by atoms with E-state index in [0.717, 1.165) is 22.4 Å². The van der Waals surface area contributed by atoms with E-state index in [1.807, 2.05) is 36.4 Å². The Kier molecular flexibility index (Phi) is 6.23. The van der Waals surface area contributed by atoms with Gasteiger partial charge in [-0.3, -0.25) is 9.59 Å². The fraction of sp³-hybridized carbons (Fsp3) is 0.417. The molecule has 1 spiro atoms.